The van der Waals surface area contributed by atoms with Crippen molar-refractivity contribution in [3.8, 4) is 0 Å². The van der Waals surface area contributed by atoms with Crippen molar-refractivity contribution in [2.75, 3.05) is 19.8 Å². The molecule has 0 radical (unpaired) electrons. The molecule has 3 heterocycles. The molecule has 174 valence electrons. The van der Waals surface area contributed by atoms with Gasteiger partial charge in [0.25, 0.3) is 5.91 Å². The summed E-state index contributed by atoms with van der Waals surface area (Å²) in [5.74, 6) is -3.55. The first kappa shape index (κ1) is 23.0. The van der Waals surface area contributed by atoms with E-state index in [2.05, 4.69) is 15.5 Å². The van der Waals surface area contributed by atoms with E-state index >= 15 is 0 Å². The van der Waals surface area contributed by atoms with Crippen molar-refractivity contribution in [3.05, 3.63) is 63.0 Å². The molecule has 8 nitrogen and oxygen atoms in total. The lowest BCUT2D eigenvalue weighted by molar-refractivity contribution is -0.123. The van der Waals surface area contributed by atoms with Crippen molar-refractivity contribution in [3.63, 3.8) is 0 Å². The summed E-state index contributed by atoms with van der Waals surface area (Å²) in [5, 5.41) is 21.8. The van der Waals surface area contributed by atoms with Crippen LogP contribution in [0.25, 0.3) is 5.57 Å². The summed E-state index contributed by atoms with van der Waals surface area (Å²) >= 11 is 1.00. The molecule has 0 unspecified atom stereocenters. The van der Waals surface area contributed by atoms with E-state index in [0.29, 0.717) is 31.1 Å². The molecule has 1 saturated heterocycles. The molecule has 33 heavy (non-hydrogen) atoms. The van der Waals surface area contributed by atoms with E-state index in [1.807, 2.05) is 0 Å². The van der Waals surface area contributed by atoms with Crippen molar-refractivity contribution in [2.24, 2.45) is 0 Å². The van der Waals surface area contributed by atoms with Gasteiger partial charge < -0.3 is 19.9 Å². The molecule has 11 heteroatoms. The zero-order valence-corrected chi connectivity index (χ0v) is 18.5. The SMILES string of the molecule is C/C1=C(/O)C(=O)/C(c2nnc(Cc3ccc(F)cc3F)s2)=C\OCC2(CCOCC2)NC1=O. The monoisotopic (exact) mass is 477 g/mol. The number of allylic oxidation sites excluding steroid dienone is 1. The van der Waals surface area contributed by atoms with Crippen LogP contribution in [0.4, 0.5) is 8.78 Å². The number of hydrogen-bond donors (Lipinski definition) is 2. The van der Waals surface area contributed by atoms with E-state index < -0.39 is 34.6 Å². The summed E-state index contributed by atoms with van der Waals surface area (Å²) in [4.78, 5) is 25.6. The Hall–Kier alpha value is -3.18. The lowest BCUT2D eigenvalue weighted by Crippen LogP contribution is -2.55. The molecule has 1 aromatic carbocycles. The van der Waals surface area contributed by atoms with Gasteiger partial charge in [-0.25, -0.2) is 8.78 Å². The van der Waals surface area contributed by atoms with Crippen LogP contribution < -0.4 is 5.32 Å². The van der Waals surface area contributed by atoms with Gasteiger partial charge in [0.1, 0.15) is 23.2 Å². The Morgan fingerprint density at radius 2 is 1.97 bits per heavy atom. The number of hydrogen-bond acceptors (Lipinski definition) is 8. The molecular weight excluding hydrogens is 456 g/mol. The largest absolute Gasteiger partial charge is 0.504 e. The molecule has 2 N–H and O–H groups in total. The normalized spacial score (nSPS) is 22.9. The average Bonchev–Trinajstić information content (AvgIpc) is 3.25. The molecule has 1 fully saturated rings. The molecule has 0 atom stereocenters. The first-order valence-electron chi connectivity index (χ1n) is 10.2. The predicted molar refractivity (Wildman–Crippen MR) is 114 cm³/mol. The average molecular weight is 477 g/mol. The lowest BCUT2D eigenvalue weighted by Gasteiger charge is -2.37. The predicted octanol–water partition coefficient (Wildman–Crippen LogP) is 2.84. The van der Waals surface area contributed by atoms with Crippen LogP contribution in [0.3, 0.4) is 0 Å². The van der Waals surface area contributed by atoms with Crippen molar-refractivity contribution in [2.45, 2.75) is 31.7 Å². The topological polar surface area (TPSA) is 111 Å². The summed E-state index contributed by atoms with van der Waals surface area (Å²) in [5.41, 5.74) is -0.687. The molecule has 0 bridgehead atoms. The van der Waals surface area contributed by atoms with Crippen LogP contribution in [0, 0.1) is 11.6 Å². The summed E-state index contributed by atoms with van der Waals surface area (Å²) in [6.07, 6.45) is 2.26. The van der Waals surface area contributed by atoms with Gasteiger partial charge in [0.2, 0.25) is 5.78 Å². The maximum atomic E-state index is 14.0. The molecular formula is C22H21F2N3O5S. The van der Waals surface area contributed by atoms with Crippen molar-refractivity contribution >= 4 is 28.6 Å². The molecule has 2 aromatic rings. The van der Waals surface area contributed by atoms with Gasteiger partial charge in [0, 0.05) is 25.7 Å². The third-order valence-corrected chi connectivity index (χ3v) is 6.56. The number of benzene rings is 1. The number of aliphatic hydroxyl groups is 1. The quantitative estimate of drug-likeness (QED) is 0.699. The number of halogens is 2. The summed E-state index contributed by atoms with van der Waals surface area (Å²) in [6, 6.07) is 3.23. The van der Waals surface area contributed by atoms with Gasteiger partial charge in [0.15, 0.2) is 10.8 Å². The molecule has 2 aliphatic heterocycles. The van der Waals surface area contributed by atoms with Crippen LogP contribution >= 0.6 is 11.3 Å². The van der Waals surface area contributed by atoms with Gasteiger partial charge in [-0.05, 0) is 31.4 Å². The smallest absolute Gasteiger partial charge is 0.251 e. The number of nitrogens with zero attached hydrogens (tertiary/aromatic N) is 2. The van der Waals surface area contributed by atoms with E-state index in [1.54, 1.807) is 0 Å². The Labute approximate surface area is 191 Å². The Kier molecular flexibility index (Phi) is 6.52. The second-order valence-corrected chi connectivity index (χ2v) is 8.97. The molecule has 1 amide bonds. The van der Waals surface area contributed by atoms with E-state index in [4.69, 9.17) is 9.47 Å². The number of ether oxygens (including phenoxy) is 2. The Bertz CT molecular complexity index is 1150. The third-order valence-electron chi connectivity index (χ3n) is 5.60. The Morgan fingerprint density at radius 3 is 2.70 bits per heavy atom. The summed E-state index contributed by atoms with van der Waals surface area (Å²) in [6.45, 7) is 2.33. The first-order valence-corrected chi connectivity index (χ1v) is 11.0. The minimum absolute atomic E-state index is 0.0402. The van der Waals surface area contributed by atoms with Gasteiger partial charge in [0.05, 0.1) is 22.9 Å². The number of nitrogens with one attached hydrogen (secondary N) is 1. The first-order chi connectivity index (χ1) is 15.8. The number of ketones is 1. The van der Waals surface area contributed by atoms with Gasteiger partial charge >= 0.3 is 0 Å². The fourth-order valence-electron chi connectivity index (χ4n) is 3.55. The zero-order valence-electron chi connectivity index (χ0n) is 17.7. The van der Waals surface area contributed by atoms with Crippen molar-refractivity contribution in [1.82, 2.24) is 15.5 Å². The number of rotatable bonds is 3. The highest BCUT2D eigenvalue weighted by Crippen LogP contribution is 2.28. The molecule has 4 rings (SSSR count). The number of Topliss-reactive ketones (excluding diaryl/α,β-unsaturated/α-hetero) is 1. The van der Waals surface area contributed by atoms with Crippen molar-refractivity contribution in [1.29, 1.82) is 0 Å². The van der Waals surface area contributed by atoms with E-state index in [0.717, 1.165) is 23.5 Å². The second-order valence-electron chi connectivity index (χ2n) is 7.91. The lowest BCUT2D eigenvalue weighted by atomic mass is 9.90. The maximum absolute atomic E-state index is 14.0. The standard InChI is InChI=1S/C22H21F2N3O5S/c1-12-18(28)19(29)15(10-32-11-22(25-20(12)30)4-6-31-7-5-22)21-27-26-17(33-21)8-13-2-3-14(23)9-16(13)24/h2-3,9-10,28H,4-8,11H2,1H3,(H,25,30)/b15-10+,18-12-. The van der Waals surface area contributed by atoms with Crippen LogP contribution in [0.1, 0.15) is 35.3 Å². The van der Waals surface area contributed by atoms with Crippen LogP contribution in [0.2, 0.25) is 0 Å². The summed E-state index contributed by atoms with van der Waals surface area (Å²) in [7, 11) is 0. The number of carbonyl (C=O) groups excluding carboxylic acids is 2. The highest BCUT2D eigenvalue weighted by atomic mass is 32.1. The number of carbonyl (C=O) groups is 2. The molecule has 1 spiro atoms. The highest BCUT2D eigenvalue weighted by Gasteiger charge is 2.37. The molecule has 0 aliphatic carbocycles. The van der Waals surface area contributed by atoms with Crippen molar-refractivity contribution < 1.29 is 33.0 Å². The number of aliphatic hydroxyl groups excluding tert-OH is 1. The zero-order chi connectivity index (χ0) is 23.6. The van der Waals surface area contributed by atoms with Gasteiger partial charge in [-0.2, -0.15) is 0 Å². The minimum Gasteiger partial charge on any atom is -0.504 e. The van der Waals surface area contributed by atoms with Crippen LogP contribution in [0.5, 0.6) is 0 Å². The molecule has 1 aromatic heterocycles. The summed E-state index contributed by atoms with van der Waals surface area (Å²) < 4.78 is 38.2. The van der Waals surface area contributed by atoms with Gasteiger partial charge in [-0.15, -0.1) is 10.2 Å². The highest BCUT2D eigenvalue weighted by molar-refractivity contribution is 7.12. The van der Waals surface area contributed by atoms with E-state index in [1.165, 1.54) is 19.3 Å². The van der Waals surface area contributed by atoms with Gasteiger partial charge in [-0.1, -0.05) is 17.4 Å². The third kappa shape index (κ3) is 4.93. The Balaban J connectivity index is 1.64. The number of aromatic nitrogens is 2. The van der Waals surface area contributed by atoms with Crippen LogP contribution in [0.15, 0.2) is 35.8 Å². The second kappa shape index (κ2) is 9.36. The molecule has 0 saturated carbocycles. The van der Waals surface area contributed by atoms with E-state index in [9.17, 15) is 23.5 Å². The fourth-order valence-corrected chi connectivity index (χ4v) is 4.42. The van der Waals surface area contributed by atoms with Gasteiger partial charge in [-0.3, -0.25) is 9.59 Å². The Morgan fingerprint density at radius 1 is 1.21 bits per heavy atom. The van der Waals surface area contributed by atoms with E-state index in [-0.39, 0.29) is 34.7 Å². The molecule has 2 aliphatic rings. The minimum atomic E-state index is -0.846. The number of amides is 1. The van der Waals surface area contributed by atoms with Crippen LogP contribution in [-0.4, -0.2) is 52.4 Å². The van der Waals surface area contributed by atoms with Crippen LogP contribution in [-0.2, 0) is 25.5 Å². The fraction of sp³-hybridized carbons (Fsp3) is 0.364. The maximum Gasteiger partial charge on any atom is 0.251 e.